The van der Waals surface area contributed by atoms with E-state index in [2.05, 4.69) is 27.3 Å². The van der Waals surface area contributed by atoms with E-state index in [-0.39, 0.29) is 0 Å². The average molecular weight is 228 g/mol. The summed E-state index contributed by atoms with van der Waals surface area (Å²) < 4.78 is 0.947. The molecule has 0 unspecified atom stereocenters. The van der Waals surface area contributed by atoms with Crippen LogP contribution in [0.1, 0.15) is 11.1 Å². The van der Waals surface area contributed by atoms with E-state index in [0.717, 1.165) is 29.5 Å². The second kappa shape index (κ2) is 3.07. The summed E-state index contributed by atoms with van der Waals surface area (Å²) in [6.45, 7) is 1.82. The molecule has 1 aliphatic heterocycles. The molecule has 0 aliphatic carbocycles. The minimum atomic E-state index is 0.417. The van der Waals surface area contributed by atoms with Crippen LogP contribution in [0, 0.1) is 0 Å². The Morgan fingerprint density at radius 1 is 1.42 bits per heavy atom. The van der Waals surface area contributed by atoms with Gasteiger partial charge in [0.2, 0.25) is 0 Å². The molecular weight excluding hydrogens is 218 g/mol. The zero-order valence-corrected chi connectivity index (χ0v) is 8.19. The minimum absolute atomic E-state index is 0.417. The maximum Gasteiger partial charge on any atom is 0.120 e. The fourth-order valence-corrected chi connectivity index (χ4v) is 2.05. The van der Waals surface area contributed by atoms with Gasteiger partial charge < -0.3 is 10.4 Å². The third kappa shape index (κ3) is 1.34. The van der Waals surface area contributed by atoms with Gasteiger partial charge in [0.25, 0.3) is 0 Å². The molecule has 0 spiro atoms. The van der Waals surface area contributed by atoms with Crippen molar-refractivity contribution in [2.75, 3.05) is 6.54 Å². The van der Waals surface area contributed by atoms with Gasteiger partial charge in [0.1, 0.15) is 5.75 Å². The van der Waals surface area contributed by atoms with E-state index in [1.54, 1.807) is 6.07 Å². The molecule has 3 heteroatoms. The highest BCUT2D eigenvalue weighted by Gasteiger charge is 2.12. The summed E-state index contributed by atoms with van der Waals surface area (Å²) in [5.74, 6) is 0.417. The van der Waals surface area contributed by atoms with Gasteiger partial charge in [0, 0.05) is 11.0 Å². The Morgan fingerprint density at radius 2 is 2.25 bits per heavy atom. The number of phenolic OH excluding ortho intramolecular Hbond substituents is 1. The molecule has 1 aromatic carbocycles. The number of hydrogen-bond acceptors (Lipinski definition) is 2. The summed E-state index contributed by atoms with van der Waals surface area (Å²) in [6.07, 6.45) is 0.925. The molecule has 2 rings (SSSR count). The zero-order chi connectivity index (χ0) is 8.55. The highest BCUT2D eigenvalue weighted by Crippen LogP contribution is 2.28. The summed E-state index contributed by atoms with van der Waals surface area (Å²) in [5.41, 5.74) is 2.30. The number of halogens is 1. The molecule has 0 radical (unpaired) electrons. The molecule has 0 bridgehead atoms. The molecular formula is C9H10BrNO. The van der Waals surface area contributed by atoms with Crippen molar-refractivity contribution in [2.24, 2.45) is 0 Å². The molecule has 0 atom stereocenters. The van der Waals surface area contributed by atoms with Gasteiger partial charge in [-0.25, -0.2) is 0 Å². The molecule has 64 valence electrons. The normalized spacial score (nSPS) is 15.8. The van der Waals surface area contributed by atoms with E-state index >= 15 is 0 Å². The highest BCUT2D eigenvalue weighted by molar-refractivity contribution is 9.10. The van der Waals surface area contributed by atoms with Crippen LogP contribution in [0.5, 0.6) is 5.75 Å². The van der Waals surface area contributed by atoms with Crippen molar-refractivity contribution in [1.29, 1.82) is 0 Å². The third-order valence-electron chi connectivity index (χ3n) is 2.15. The van der Waals surface area contributed by atoms with Crippen molar-refractivity contribution in [2.45, 2.75) is 13.0 Å². The maximum absolute atomic E-state index is 9.58. The summed E-state index contributed by atoms with van der Waals surface area (Å²) in [5, 5.41) is 12.8. The van der Waals surface area contributed by atoms with Crippen LogP contribution in [-0.4, -0.2) is 11.7 Å². The third-order valence-corrected chi connectivity index (χ3v) is 2.61. The quantitative estimate of drug-likeness (QED) is 0.709. The predicted molar refractivity (Wildman–Crippen MR) is 51.2 cm³/mol. The Bertz CT molecular complexity index is 312. The lowest BCUT2D eigenvalue weighted by Crippen LogP contribution is -2.23. The Hall–Kier alpha value is -0.540. The zero-order valence-electron chi connectivity index (χ0n) is 6.60. The number of aromatic hydroxyl groups is 1. The summed E-state index contributed by atoms with van der Waals surface area (Å²) in [7, 11) is 0. The lowest BCUT2D eigenvalue weighted by Gasteiger charge is -2.18. The van der Waals surface area contributed by atoms with Crippen LogP contribution >= 0.6 is 15.9 Å². The highest BCUT2D eigenvalue weighted by atomic mass is 79.9. The number of rotatable bonds is 0. The van der Waals surface area contributed by atoms with E-state index in [1.807, 2.05) is 0 Å². The van der Waals surface area contributed by atoms with Crippen LogP contribution in [0.15, 0.2) is 16.6 Å². The molecule has 0 amide bonds. The number of fused-ring (bicyclic) bond motifs is 1. The monoisotopic (exact) mass is 227 g/mol. The van der Waals surface area contributed by atoms with E-state index in [0.29, 0.717) is 5.75 Å². The van der Waals surface area contributed by atoms with Gasteiger partial charge in [-0.05, 0) is 36.2 Å². The second-order valence-corrected chi connectivity index (χ2v) is 3.91. The molecule has 1 aliphatic rings. The summed E-state index contributed by atoms with van der Waals surface area (Å²) in [4.78, 5) is 0. The second-order valence-electron chi connectivity index (χ2n) is 2.99. The first-order chi connectivity index (χ1) is 5.77. The molecule has 0 saturated carbocycles. The SMILES string of the molecule is Oc1cc(Br)cc2c1CCNC2. The van der Waals surface area contributed by atoms with Gasteiger partial charge >= 0.3 is 0 Å². The maximum atomic E-state index is 9.58. The van der Waals surface area contributed by atoms with Crippen LogP contribution in [0.4, 0.5) is 0 Å². The van der Waals surface area contributed by atoms with Crippen molar-refractivity contribution in [3.63, 3.8) is 0 Å². The van der Waals surface area contributed by atoms with Crippen LogP contribution in [-0.2, 0) is 13.0 Å². The molecule has 0 saturated heterocycles. The van der Waals surface area contributed by atoms with Crippen LogP contribution in [0.25, 0.3) is 0 Å². The standard InChI is InChI=1S/C9H10BrNO/c10-7-3-6-5-11-2-1-8(6)9(12)4-7/h3-4,11-12H,1-2,5H2. The molecule has 12 heavy (non-hydrogen) atoms. The van der Waals surface area contributed by atoms with Crippen LogP contribution in [0.2, 0.25) is 0 Å². The Labute approximate surface area is 79.7 Å². The number of nitrogens with one attached hydrogen (secondary N) is 1. The molecule has 0 fully saturated rings. The number of phenols is 1. The molecule has 2 N–H and O–H groups in total. The predicted octanol–water partition coefficient (Wildman–Crippen LogP) is 1.80. The van der Waals surface area contributed by atoms with Crippen molar-refractivity contribution in [1.82, 2.24) is 5.32 Å². The fraction of sp³-hybridized carbons (Fsp3) is 0.333. The topological polar surface area (TPSA) is 32.3 Å². The molecule has 1 heterocycles. The number of benzene rings is 1. The van der Waals surface area contributed by atoms with Crippen molar-refractivity contribution in [3.05, 3.63) is 27.7 Å². The Kier molecular flexibility index (Phi) is 2.07. The van der Waals surface area contributed by atoms with Gasteiger partial charge in [-0.3, -0.25) is 0 Å². The van der Waals surface area contributed by atoms with Crippen molar-refractivity contribution in [3.8, 4) is 5.75 Å². The molecule has 2 nitrogen and oxygen atoms in total. The average Bonchev–Trinajstić information content (AvgIpc) is 2.04. The molecule has 1 aromatic rings. The summed E-state index contributed by atoms with van der Waals surface area (Å²) in [6, 6.07) is 3.81. The van der Waals surface area contributed by atoms with E-state index in [1.165, 1.54) is 5.56 Å². The van der Waals surface area contributed by atoms with Crippen molar-refractivity contribution >= 4 is 15.9 Å². The van der Waals surface area contributed by atoms with Crippen LogP contribution < -0.4 is 5.32 Å². The molecule has 0 aromatic heterocycles. The van der Waals surface area contributed by atoms with Crippen LogP contribution in [0.3, 0.4) is 0 Å². The lowest BCUT2D eigenvalue weighted by atomic mass is 10.0. The Balaban J connectivity index is 2.53. The largest absolute Gasteiger partial charge is 0.508 e. The number of hydrogen-bond donors (Lipinski definition) is 2. The lowest BCUT2D eigenvalue weighted by molar-refractivity contribution is 0.460. The fourth-order valence-electron chi connectivity index (χ4n) is 1.56. The van der Waals surface area contributed by atoms with Gasteiger partial charge in [-0.1, -0.05) is 15.9 Å². The van der Waals surface area contributed by atoms with Gasteiger partial charge in [0.05, 0.1) is 0 Å². The van der Waals surface area contributed by atoms with Gasteiger partial charge in [-0.2, -0.15) is 0 Å². The van der Waals surface area contributed by atoms with Crippen molar-refractivity contribution < 1.29 is 5.11 Å². The first-order valence-electron chi connectivity index (χ1n) is 3.98. The van der Waals surface area contributed by atoms with E-state index in [4.69, 9.17) is 0 Å². The van der Waals surface area contributed by atoms with Gasteiger partial charge in [-0.15, -0.1) is 0 Å². The van der Waals surface area contributed by atoms with E-state index < -0.39 is 0 Å². The Morgan fingerprint density at radius 3 is 3.08 bits per heavy atom. The first-order valence-corrected chi connectivity index (χ1v) is 4.77. The minimum Gasteiger partial charge on any atom is -0.508 e. The summed E-state index contributed by atoms with van der Waals surface area (Å²) >= 11 is 3.35. The van der Waals surface area contributed by atoms with Gasteiger partial charge in [0.15, 0.2) is 0 Å². The first kappa shape index (κ1) is 8.08. The smallest absolute Gasteiger partial charge is 0.120 e. The van der Waals surface area contributed by atoms with E-state index in [9.17, 15) is 5.11 Å².